The summed E-state index contributed by atoms with van der Waals surface area (Å²) in [7, 11) is 0. The normalized spacial score (nSPS) is 1.20. The first-order valence-corrected chi connectivity index (χ1v) is 0.463. The van der Waals surface area contributed by atoms with Gasteiger partial charge in [-0.25, -0.2) is 11.9 Å². The molecule has 0 atom stereocenters. The summed E-state index contributed by atoms with van der Waals surface area (Å²) in [5.41, 5.74) is 0. The van der Waals surface area contributed by atoms with E-state index in [9.17, 15) is 0 Å². The van der Waals surface area contributed by atoms with Crippen LogP contribution in [0.1, 0.15) is 0 Å². The van der Waals surface area contributed by atoms with Crippen LogP contribution in [0.2, 0.25) is 0 Å². The molecule has 0 fully saturated rings. The predicted octanol–water partition coefficient (Wildman–Crippen LogP) is -4.05. The number of rotatable bonds is 0. The molecule has 0 saturated carbocycles. The maximum Gasteiger partial charge on any atom is 2.00 e. The van der Waals surface area contributed by atoms with E-state index < -0.39 is 0 Å². The van der Waals surface area contributed by atoms with Crippen LogP contribution in [0.3, 0.4) is 0 Å². The fourth-order valence-corrected chi connectivity index (χ4v) is 0. The number of hydrogen-bond donors (Lipinski definition) is 0. The van der Waals surface area contributed by atoms with Crippen LogP contribution in [-0.4, -0.2) is 43.2 Å². The molecule has 0 aliphatic carbocycles. The topological polar surface area (TPSA) is 53.1 Å². The predicted molar refractivity (Wildman–Crippen MR) is 13.5 cm³/mol. The zero-order valence-corrected chi connectivity index (χ0v) is 9.03. The Kier molecular flexibility index (Phi) is 133. The third kappa shape index (κ3) is 19.2. The molecule has 2 nitrogen and oxygen atoms in total. The van der Waals surface area contributed by atoms with Gasteiger partial charge in [-0.15, -0.1) is 0 Å². The van der Waals surface area contributed by atoms with Gasteiger partial charge in [-0.2, -0.15) is 0 Å². The first kappa shape index (κ1) is 24.3. The van der Waals surface area contributed by atoms with Crippen molar-refractivity contribution in [3.05, 3.63) is 0 Å². The van der Waals surface area contributed by atoms with Crippen molar-refractivity contribution < 1.29 is 61.5 Å². The van der Waals surface area contributed by atoms with Crippen LogP contribution in [0.25, 0.3) is 0 Å². The molecule has 0 aromatic carbocycles. The smallest absolute Gasteiger partial charge is 0.870 e. The van der Waals surface area contributed by atoms with Gasteiger partial charge in [0, 0.05) is 0 Å². The standard InChI is InChI=1S/Ca.ClO.K.H2O/c;1-2;;/h;;;1H2/q+2;-1;+1;/p-1. The van der Waals surface area contributed by atoms with Gasteiger partial charge >= 0.3 is 89.1 Å². The van der Waals surface area contributed by atoms with Crippen LogP contribution in [0.5, 0.6) is 0 Å². The van der Waals surface area contributed by atoms with Crippen molar-refractivity contribution in [3.63, 3.8) is 0 Å². The van der Waals surface area contributed by atoms with Crippen LogP contribution in [0.15, 0.2) is 0 Å². The van der Waals surface area contributed by atoms with Gasteiger partial charge in [-0.1, -0.05) is 0 Å². The van der Waals surface area contributed by atoms with E-state index in [1.807, 2.05) is 0 Å². The fraction of sp³-hybridized carbons (Fsp3) is 0. The fourth-order valence-electron chi connectivity index (χ4n) is 0. The van der Waals surface area contributed by atoms with Gasteiger partial charge in [0.2, 0.25) is 0 Å². The monoisotopic (exact) mass is 147 g/mol. The molecule has 0 saturated heterocycles. The van der Waals surface area contributed by atoms with Gasteiger partial charge in [0.15, 0.2) is 0 Å². The Labute approximate surface area is 108 Å². The summed E-state index contributed by atoms with van der Waals surface area (Å²) < 4.78 is 7.72. The van der Waals surface area contributed by atoms with Crippen molar-refractivity contribution in [1.82, 2.24) is 0 Å². The second-order valence-electron chi connectivity index (χ2n) is 0. The summed E-state index contributed by atoms with van der Waals surface area (Å²) in [6.45, 7) is 0. The molecule has 0 rings (SSSR count). The summed E-state index contributed by atoms with van der Waals surface area (Å²) in [5.74, 6) is 0. The van der Waals surface area contributed by atoms with Crippen LogP contribution < -0.4 is 56.0 Å². The molecule has 0 aliphatic rings. The van der Waals surface area contributed by atoms with E-state index in [-0.39, 0.29) is 94.6 Å². The van der Waals surface area contributed by atoms with Crippen molar-refractivity contribution in [2.75, 3.05) is 0 Å². The van der Waals surface area contributed by atoms with Crippen molar-refractivity contribution >= 4 is 49.6 Å². The second kappa shape index (κ2) is 27.5. The minimum atomic E-state index is 0. The van der Waals surface area contributed by atoms with Gasteiger partial charge < -0.3 is 10.1 Å². The van der Waals surface area contributed by atoms with Crippen LogP contribution in [-0.2, 0) is 0 Å². The Hall–Kier alpha value is 3.11. The van der Waals surface area contributed by atoms with Crippen LogP contribution in [0, 0.1) is 0 Å². The zero-order valence-electron chi connectivity index (χ0n) is 2.94. The summed E-state index contributed by atoms with van der Waals surface area (Å²) in [5, 5.41) is 0. The molecular formula is HCaClKO2+. The van der Waals surface area contributed by atoms with Crippen LogP contribution in [0.4, 0.5) is 0 Å². The van der Waals surface area contributed by atoms with E-state index in [0.717, 1.165) is 0 Å². The van der Waals surface area contributed by atoms with Crippen molar-refractivity contribution in [2.24, 2.45) is 0 Å². The van der Waals surface area contributed by atoms with Crippen molar-refractivity contribution in [1.29, 1.82) is 0 Å². The van der Waals surface area contributed by atoms with Gasteiger partial charge in [0.05, 0.1) is 0 Å². The Morgan fingerprint density at radius 1 is 1.20 bits per heavy atom. The molecule has 0 amide bonds. The average molecular weight is 148 g/mol. The molecule has 22 valence electrons. The summed E-state index contributed by atoms with van der Waals surface area (Å²) >= 11 is 3.39. The van der Waals surface area contributed by atoms with Gasteiger partial charge in [-0.3, -0.25) is 0 Å². The van der Waals surface area contributed by atoms with E-state index in [4.69, 9.17) is 4.66 Å². The molecular weight excluding hydrogens is 147 g/mol. The molecule has 0 radical (unpaired) electrons. The second-order valence-corrected chi connectivity index (χ2v) is 0. The zero-order chi connectivity index (χ0) is 2.00. The van der Waals surface area contributed by atoms with Crippen molar-refractivity contribution in [3.8, 4) is 0 Å². The van der Waals surface area contributed by atoms with E-state index in [1.54, 1.807) is 0 Å². The molecule has 0 spiro atoms. The Bertz CT molecular complexity index is 9.61. The van der Waals surface area contributed by atoms with E-state index in [1.165, 1.54) is 0 Å². The third-order valence-corrected chi connectivity index (χ3v) is 0. The third-order valence-electron chi connectivity index (χ3n) is 0. The molecule has 5 heavy (non-hydrogen) atoms. The Morgan fingerprint density at radius 2 is 1.20 bits per heavy atom. The average Bonchev–Trinajstić information content (AvgIpc) is 1.00. The quantitative estimate of drug-likeness (QED) is 0.328. The number of hydrogen-bond acceptors (Lipinski definition) is 2. The summed E-state index contributed by atoms with van der Waals surface area (Å²) in [6.07, 6.45) is 0. The van der Waals surface area contributed by atoms with Gasteiger partial charge in [-0.05, 0) is 0 Å². The minimum Gasteiger partial charge on any atom is -0.870 e. The maximum absolute atomic E-state index is 7.72. The van der Waals surface area contributed by atoms with Crippen LogP contribution >= 0.6 is 11.9 Å². The van der Waals surface area contributed by atoms with Gasteiger partial charge in [0.1, 0.15) is 0 Å². The Morgan fingerprint density at radius 3 is 1.20 bits per heavy atom. The maximum atomic E-state index is 7.72. The van der Waals surface area contributed by atoms with E-state index in [0.29, 0.717) is 0 Å². The van der Waals surface area contributed by atoms with E-state index >= 15 is 0 Å². The molecule has 0 heterocycles. The molecule has 0 aromatic rings. The summed E-state index contributed by atoms with van der Waals surface area (Å²) in [4.78, 5) is 0. The molecule has 0 unspecified atom stereocenters. The molecule has 0 bridgehead atoms. The number of halogens is 1. The molecule has 0 aliphatic heterocycles. The first-order valence-electron chi connectivity index (χ1n) is 0.154. The van der Waals surface area contributed by atoms with E-state index in [2.05, 4.69) is 11.9 Å². The molecule has 1 N–H and O–H groups in total. The first-order chi connectivity index (χ1) is 1.00. The van der Waals surface area contributed by atoms with Gasteiger partial charge in [0.25, 0.3) is 0 Å². The largest absolute Gasteiger partial charge is 2.00 e. The Balaban J connectivity index is -0.00000000167. The molecule has 0 aromatic heterocycles. The minimum absolute atomic E-state index is 0. The summed E-state index contributed by atoms with van der Waals surface area (Å²) in [6, 6.07) is 0. The SMILES string of the molecule is [Ca+2].[K+].[O-]Cl.[OH-]. The molecule has 5 heteroatoms. The van der Waals surface area contributed by atoms with Crippen molar-refractivity contribution in [2.45, 2.75) is 0 Å².